The number of halogens is 4. The van der Waals surface area contributed by atoms with Gasteiger partial charge in [-0.05, 0) is 24.3 Å². The second kappa shape index (κ2) is 7.87. The zero-order valence-corrected chi connectivity index (χ0v) is 13.3. The van der Waals surface area contributed by atoms with Crippen molar-refractivity contribution in [1.82, 2.24) is 0 Å². The second-order valence-electron chi connectivity index (χ2n) is 5.07. The van der Waals surface area contributed by atoms with Crippen molar-refractivity contribution in [2.24, 2.45) is 10.2 Å². The highest BCUT2D eigenvalue weighted by Crippen LogP contribution is 2.35. The van der Waals surface area contributed by atoms with E-state index in [9.17, 15) is 27.7 Å². The van der Waals surface area contributed by atoms with E-state index in [0.717, 1.165) is 0 Å². The summed E-state index contributed by atoms with van der Waals surface area (Å²) in [6.07, 6.45) is 0. The summed E-state index contributed by atoms with van der Waals surface area (Å²) in [5.41, 5.74) is -2.52. The number of hydrogen-bond acceptors (Lipinski definition) is 6. The fourth-order valence-electron chi connectivity index (χ4n) is 2.02. The third-order valence-electron chi connectivity index (χ3n) is 3.39. The summed E-state index contributed by atoms with van der Waals surface area (Å²) in [6, 6.07) is 5.99. The molecule has 0 bridgehead atoms. The van der Waals surface area contributed by atoms with E-state index in [2.05, 4.69) is 10.2 Å². The first kappa shape index (κ1) is 19.2. The lowest BCUT2D eigenvalue weighted by atomic mass is 10.2. The molecule has 0 amide bonds. The van der Waals surface area contributed by atoms with Gasteiger partial charge >= 0.3 is 5.69 Å². The van der Waals surface area contributed by atoms with Gasteiger partial charge in [0.2, 0.25) is 11.6 Å². The van der Waals surface area contributed by atoms with Crippen molar-refractivity contribution in [1.29, 1.82) is 0 Å². The molecule has 11 heteroatoms. The molecule has 138 valence electrons. The Kier molecular flexibility index (Phi) is 5.82. The molecule has 2 aromatic rings. The molecule has 2 rings (SSSR count). The molecule has 7 nitrogen and oxygen atoms in total. The van der Waals surface area contributed by atoms with Crippen LogP contribution in [-0.4, -0.2) is 30.2 Å². The Morgan fingerprint density at radius 3 is 2.04 bits per heavy atom. The number of anilines is 1. The number of rotatable bonds is 6. The van der Waals surface area contributed by atoms with Gasteiger partial charge < -0.3 is 10.0 Å². The molecule has 0 fully saturated rings. The van der Waals surface area contributed by atoms with E-state index in [0.29, 0.717) is 12.2 Å². The predicted octanol–water partition coefficient (Wildman–Crippen LogP) is 4.00. The largest absolute Gasteiger partial charge is 0.395 e. The number of hydrogen-bond donors (Lipinski definition) is 1. The molecule has 1 N–H and O–H groups in total. The fraction of sp³-hybridized carbons (Fsp3) is 0.200. The van der Waals surface area contributed by atoms with Crippen molar-refractivity contribution < 1.29 is 27.6 Å². The zero-order chi connectivity index (χ0) is 19.4. The van der Waals surface area contributed by atoms with Crippen LogP contribution in [0.15, 0.2) is 34.5 Å². The quantitative estimate of drug-likeness (QED) is 0.273. The summed E-state index contributed by atoms with van der Waals surface area (Å²) in [6.45, 7) is 0.312. The highest BCUT2D eigenvalue weighted by Gasteiger charge is 2.33. The van der Waals surface area contributed by atoms with E-state index in [1.54, 1.807) is 24.1 Å². The number of nitro benzene ring substituents is 1. The Balaban J connectivity index is 2.35. The molecular formula is C15H12F4N4O3. The van der Waals surface area contributed by atoms with Crippen LogP contribution >= 0.6 is 0 Å². The van der Waals surface area contributed by atoms with Crippen LogP contribution in [0.5, 0.6) is 0 Å². The van der Waals surface area contributed by atoms with Gasteiger partial charge in [-0.2, -0.15) is 13.9 Å². The van der Waals surface area contributed by atoms with Crippen molar-refractivity contribution in [3.63, 3.8) is 0 Å². The van der Waals surface area contributed by atoms with E-state index in [-0.39, 0.29) is 12.3 Å². The molecule has 0 aliphatic heterocycles. The van der Waals surface area contributed by atoms with Crippen LogP contribution in [0.1, 0.15) is 0 Å². The highest BCUT2D eigenvalue weighted by molar-refractivity contribution is 5.53. The van der Waals surface area contributed by atoms with E-state index >= 15 is 0 Å². The van der Waals surface area contributed by atoms with Gasteiger partial charge in [0.05, 0.1) is 17.2 Å². The van der Waals surface area contributed by atoms with Crippen molar-refractivity contribution in [2.45, 2.75) is 0 Å². The zero-order valence-electron chi connectivity index (χ0n) is 13.3. The Bertz CT molecular complexity index is 830. The average molecular weight is 372 g/mol. The molecule has 0 atom stereocenters. The number of nitrogens with zero attached hydrogens (tertiary/aromatic N) is 4. The van der Waals surface area contributed by atoms with Crippen molar-refractivity contribution in [2.75, 3.05) is 25.1 Å². The first-order valence-electron chi connectivity index (χ1n) is 7.12. The molecule has 26 heavy (non-hydrogen) atoms. The third kappa shape index (κ3) is 3.77. The summed E-state index contributed by atoms with van der Waals surface area (Å²) < 4.78 is 54.6. The normalized spacial score (nSPS) is 11.2. The number of likely N-dealkylation sites (N-methyl/N-ethyl adjacent to an activating group) is 1. The number of azo groups is 1. The van der Waals surface area contributed by atoms with Crippen molar-refractivity contribution >= 4 is 22.7 Å². The van der Waals surface area contributed by atoms with Gasteiger partial charge in [-0.25, -0.2) is 8.78 Å². The molecule has 0 saturated heterocycles. The molecule has 0 aliphatic rings. The van der Waals surface area contributed by atoms with Crippen LogP contribution < -0.4 is 4.90 Å². The number of nitro groups is 1. The lowest BCUT2D eigenvalue weighted by Crippen LogP contribution is -2.20. The molecule has 0 heterocycles. The van der Waals surface area contributed by atoms with E-state index in [1.807, 2.05) is 0 Å². The molecule has 0 aliphatic carbocycles. The Hall–Kier alpha value is -3.08. The summed E-state index contributed by atoms with van der Waals surface area (Å²) >= 11 is 0. The highest BCUT2D eigenvalue weighted by atomic mass is 19.2. The Labute approximate surface area is 144 Å². The summed E-state index contributed by atoms with van der Waals surface area (Å²) in [5, 5.41) is 26.0. The predicted molar refractivity (Wildman–Crippen MR) is 83.9 cm³/mol. The summed E-state index contributed by atoms with van der Waals surface area (Å²) in [7, 11) is 1.72. The SMILES string of the molecule is CN(CCO)c1ccc(N=Nc2c(F)c(F)c([N+](=O)[O-])c(F)c2F)cc1. The maximum atomic E-state index is 13.8. The van der Waals surface area contributed by atoms with Gasteiger partial charge in [0, 0.05) is 19.3 Å². The number of benzene rings is 2. The topological polar surface area (TPSA) is 91.3 Å². The monoisotopic (exact) mass is 372 g/mol. The molecule has 0 radical (unpaired) electrons. The van der Waals surface area contributed by atoms with Crippen LogP contribution in [-0.2, 0) is 0 Å². The van der Waals surface area contributed by atoms with E-state index in [4.69, 9.17) is 5.11 Å². The lowest BCUT2D eigenvalue weighted by Gasteiger charge is -2.17. The minimum atomic E-state index is -2.16. The smallest absolute Gasteiger partial charge is 0.346 e. The van der Waals surface area contributed by atoms with Crippen LogP contribution in [0.25, 0.3) is 0 Å². The first-order chi connectivity index (χ1) is 12.3. The standard InChI is InChI=1S/C15H12F4N4O3/c1-22(6-7-24)9-4-2-8(3-5-9)20-21-14-10(16)12(18)15(23(25)26)13(19)11(14)17/h2-5,24H,6-7H2,1H3. The molecule has 0 unspecified atom stereocenters. The van der Waals surface area contributed by atoms with Gasteiger partial charge in [-0.15, -0.1) is 5.11 Å². The molecule has 0 spiro atoms. The summed E-state index contributed by atoms with van der Waals surface area (Å²) in [5.74, 6) is -8.36. The minimum absolute atomic E-state index is 0.0617. The van der Waals surface area contributed by atoms with Crippen LogP contribution in [0.4, 0.5) is 40.3 Å². The van der Waals surface area contributed by atoms with Crippen molar-refractivity contribution in [3.05, 3.63) is 57.6 Å². The second-order valence-corrected chi connectivity index (χ2v) is 5.07. The lowest BCUT2D eigenvalue weighted by molar-refractivity contribution is -0.390. The van der Waals surface area contributed by atoms with Gasteiger partial charge in [0.15, 0.2) is 17.3 Å². The molecule has 0 saturated carbocycles. The van der Waals surface area contributed by atoms with Crippen LogP contribution in [0.3, 0.4) is 0 Å². The van der Waals surface area contributed by atoms with Crippen molar-refractivity contribution in [3.8, 4) is 0 Å². The maximum Gasteiger partial charge on any atom is 0.346 e. The fourth-order valence-corrected chi connectivity index (χ4v) is 2.02. The van der Waals surface area contributed by atoms with Gasteiger partial charge in [0.25, 0.3) is 0 Å². The van der Waals surface area contributed by atoms with Crippen LogP contribution in [0, 0.1) is 33.4 Å². The average Bonchev–Trinajstić information content (AvgIpc) is 2.60. The Morgan fingerprint density at radius 1 is 1.04 bits per heavy atom. The molecular weight excluding hydrogens is 360 g/mol. The van der Waals surface area contributed by atoms with Gasteiger partial charge in [0.1, 0.15) is 0 Å². The maximum absolute atomic E-state index is 13.8. The van der Waals surface area contributed by atoms with E-state index in [1.165, 1.54) is 12.1 Å². The van der Waals surface area contributed by atoms with Crippen LogP contribution in [0.2, 0.25) is 0 Å². The molecule has 2 aromatic carbocycles. The molecule has 0 aromatic heterocycles. The van der Waals surface area contributed by atoms with E-state index < -0.39 is 39.6 Å². The third-order valence-corrected chi connectivity index (χ3v) is 3.39. The number of aliphatic hydroxyl groups excluding tert-OH is 1. The first-order valence-corrected chi connectivity index (χ1v) is 7.12. The number of aliphatic hydroxyl groups is 1. The Morgan fingerprint density at radius 2 is 1.58 bits per heavy atom. The van der Waals surface area contributed by atoms with Gasteiger partial charge in [-0.1, -0.05) is 0 Å². The summed E-state index contributed by atoms with van der Waals surface area (Å²) in [4.78, 5) is 10.6. The van der Waals surface area contributed by atoms with Gasteiger partial charge in [-0.3, -0.25) is 10.1 Å². The minimum Gasteiger partial charge on any atom is -0.395 e.